The van der Waals surface area contributed by atoms with Crippen LogP contribution in [0.2, 0.25) is 0 Å². The molecule has 0 aromatic carbocycles. The molecule has 4 rings (SSSR count). The number of rotatable bonds is 4. The molecule has 0 spiro atoms. The number of aliphatic carboxylic acids is 1. The summed E-state index contributed by atoms with van der Waals surface area (Å²) in [5.41, 5.74) is 2.55. The van der Waals surface area contributed by atoms with Crippen LogP contribution in [0.3, 0.4) is 0 Å². The van der Waals surface area contributed by atoms with Gasteiger partial charge in [0.2, 0.25) is 0 Å². The minimum atomic E-state index is -0.631. The maximum atomic E-state index is 10.9. The zero-order chi connectivity index (χ0) is 18.5. The Morgan fingerprint density at radius 3 is 2.62 bits per heavy atom. The molecule has 4 aliphatic rings. The molecule has 4 fully saturated rings. The molecular weight excluding hydrogens is 320 g/mol. The molecule has 0 aromatic heterocycles. The molecule has 2 heteroatoms. The summed E-state index contributed by atoms with van der Waals surface area (Å²) in [7, 11) is 0. The SMILES string of the molecule is C=C1C[C@H]2[C@@H]3CC[C@H](CCCC(=O)O)[C@@]3(C)CC[C@@H]2[C@@]2(C)CCCCC12. The van der Waals surface area contributed by atoms with Gasteiger partial charge >= 0.3 is 5.97 Å². The van der Waals surface area contributed by atoms with Crippen molar-refractivity contribution < 1.29 is 9.90 Å². The Labute approximate surface area is 159 Å². The smallest absolute Gasteiger partial charge is 0.303 e. The zero-order valence-electron chi connectivity index (χ0n) is 16.9. The number of carboxylic acid groups (broad SMARTS) is 1. The van der Waals surface area contributed by atoms with Crippen LogP contribution in [0.5, 0.6) is 0 Å². The van der Waals surface area contributed by atoms with Gasteiger partial charge in [-0.15, -0.1) is 0 Å². The van der Waals surface area contributed by atoms with Crippen molar-refractivity contribution in [1.29, 1.82) is 0 Å². The van der Waals surface area contributed by atoms with Crippen molar-refractivity contribution in [2.24, 2.45) is 40.4 Å². The molecule has 4 aliphatic carbocycles. The predicted octanol–water partition coefficient (Wildman–Crippen LogP) is 6.46. The Bertz CT molecular complexity index is 581. The number of hydrogen-bond acceptors (Lipinski definition) is 1. The summed E-state index contributed by atoms with van der Waals surface area (Å²) in [6.45, 7) is 9.77. The van der Waals surface area contributed by atoms with Crippen LogP contribution >= 0.6 is 0 Å². The van der Waals surface area contributed by atoms with Gasteiger partial charge in [0.25, 0.3) is 0 Å². The molecule has 26 heavy (non-hydrogen) atoms. The van der Waals surface area contributed by atoms with E-state index in [0.717, 1.165) is 42.4 Å². The molecule has 0 saturated heterocycles. The predicted molar refractivity (Wildman–Crippen MR) is 106 cm³/mol. The summed E-state index contributed by atoms with van der Waals surface area (Å²) in [4.78, 5) is 10.9. The quantitative estimate of drug-likeness (QED) is 0.586. The van der Waals surface area contributed by atoms with Crippen LogP contribution in [0, 0.1) is 40.4 Å². The third-order valence-corrected chi connectivity index (χ3v) is 9.67. The molecule has 0 bridgehead atoms. The standard InChI is InChI=1S/C24H38O2/c1-16-15-18-20-11-10-17(7-6-9-22(25)26)23(20,2)14-12-21(18)24(3)13-5-4-8-19(16)24/h17-21H,1,4-15H2,2-3H3,(H,25,26)/t17-,18-,19?,20-,21-,23+,24-/m0/s1. The van der Waals surface area contributed by atoms with E-state index in [1.807, 2.05) is 0 Å². The maximum absolute atomic E-state index is 10.9. The molecule has 1 unspecified atom stereocenters. The fourth-order valence-electron chi connectivity index (χ4n) is 8.39. The average Bonchev–Trinajstić information content (AvgIpc) is 2.91. The Morgan fingerprint density at radius 1 is 1.08 bits per heavy atom. The molecule has 7 atom stereocenters. The first-order valence-electron chi connectivity index (χ1n) is 11.3. The van der Waals surface area contributed by atoms with E-state index in [-0.39, 0.29) is 0 Å². The molecule has 2 nitrogen and oxygen atoms in total. The Kier molecular flexibility index (Phi) is 4.77. The lowest BCUT2D eigenvalue weighted by molar-refractivity contribution is -0.137. The van der Waals surface area contributed by atoms with Gasteiger partial charge in [-0.05, 0) is 98.2 Å². The van der Waals surface area contributed by atoms with Gasteiger partial charge in [0.05, 0.1) is 0 Å². The van der Waals surface area contributed by atoms with Gasteiger partial charge in [0.1, 0.15) is 0 Å². The first-order chi connectivity index (χ1) is 12.4. The minimum absolute atomic E-state index is 0.347. The van der Waals surface area contributed by atoms with E-state index in [9.17, 15) is 4.79 Å². The largest absolute Gasteiger partial charge is 0.481 e. The Morgan fingerprint density at radius 2 is 1.85 bits per heavy atom. The summed E-state index contributed by atoms with van der Waals surface area (Å²) < 4.78 is 0. The van der Waals surface area contributed by atoms with Gasteiger partial charge in [0.15, 0.2) is 0 Å². The van der Waals surface area contributed by atoms with Crippen LogP contribution in [0.15, 0.2) is 12.2 Å². The van der Waals surface area contributed by atoms with Crippen molar-refractivity contribution in [2.45, 2.75) is 90.9 Å². The van der Waals surface area contributed by atoms with Crippen molar-refractivity contribution in [3.63, 3.8) is 0 Å². The first-order valence-corrected chi connectivity index (χ1v) is 11.3. The van der Waals surface area contributed by atoms with Gasteiger partial charge in [-0.25, -0.2) is 0 Å². The second kappa shape index (κ2) is 6.67. The summed E-state index contributed by atoms with van der Waals surface area (Å²) in [6, 6.07) is 0. The second-order valence-corrected chi connectivity index (χ2v) is 10.6. The Hall–Kier alpha value is -0.790. The van der Waals surface area contributed by atoms with Crippen molar-refractivity contribution >= 4 is 5.97 Å². The van der Waals surface area contributed by atoms with E-state index in [1.165, 1.54) is 57.8 Å². The lowest BCUT2D eigenvalue weighted by Gasteiger charge is -2.61. The van der Waals surface area contributed by atoms with E-state index in [0.29, 0.717) is 17.3 Å². The van der Waals surface area contributed by atoms with E-state index in [1.54, 1.807) is 5.57 Å². The van der Waals surface area contributed by atoms with Crippen molar-refractivity contribution in [2.75, 3.05) is 0 Å². The average molecular weight is 359 g/mol. The normalized spacial score (nSPS) is 47.8. The molecule has 0 radical (unpaired) electrons. The molecule has 0 amide bonds. The number of hydrogen-bond donors (Lipinski definition) is 1. The van der Waals surface area contributed by atoms with Crippen LogP contribution in [0.1, 0.15) is 90.9 Å². The minimum Gasteiger partial charge on any atom is -0.481 e. The van der Waals surface area contributed by atoms with Gasteiger partial charge in [-0.2, -0.15) is 0 Å². The fourth-order valence-corrected chi connectivity index (χ4v) is 8.39. The van der Waals surface area contributed by atoms with Gasteiger partial charge in [0, 0.05) is 6.42 Å². The maximum Gasteiger partial charge on any atom is 0.303 e. The van der Waals surface area contributed by atoms with E-state index in [4.69, 9.17) is 5.11 Å². The van der Waals surface area contributed by atoms with Crippen molar-refractivity contribution in [1.82, 2.24) is 0 Å². The van der Waals surface area contributed by atoms with Crippen molar-refractivity contribution in [3.05, 3.63) is 12.2 Å². The van der Waals surface area contributed by atoms with Gasteiger partial charge < -0.3 is 5.11 Å². The molecule has 0 aromatic rings. The number of carboxylic acids is 1. The topological polar surface area (TPSA) is 37.3 Å². The highest BCUT2D eigenvalue weighted by molar-refractivity contribution is 5.66. The lowest BCUT2D eigenvalue weighted by Crippen LogP contribution is -2.53. The number of allylic oxidation sites excluding steroid dienone is 1. The highest BCUT2D eigenvalue weighted by Crippen LogP contribution is 2.68. The number of fused-ring (bicyclic) bond motifs is 5. The van der Waals surface area contributed by atoms with Gasteiger partial charge in [-0.1, -0.05) is 38.8 Å². The molecule has 0 aliphatic heterocycles. The third kappa shape index (κ3) is 2.78. The molecule has 0 heterocycles. The molecule has 1 N–H and O–H groups in total. The Balaban J connectivity index is 1.53. The molecule has 146 valence electrons. The molecular formula is C24H38O2. The van der Waals surface area contributed by atoms with Crippen LogP contribution in [-0.2, 0) is 4.79 Å². The van der Waals surface area contributed by atoms with Crippen LogP contribution in [-0.4, -0.2) is 11.1 Å². The third-order valence-electron chi connectivity index (χ3n) is 9.67. The van der Waals surface area contributed by atoms with E-state index >= 15 is 0 Å². The summed E-state index contributed by atoms with van der Waals surface area (Å²) >= 11 is 0. The lowest BCUT2D eigenvalue weighted by atomic mass is 9.44. The number of carbonyl (C=O) groups is 1. The van der Waals surface area contributed by atoms with Crippen LogP contribution in [0.25, 0.3) is 0 Å². The summed E-state index contributed by atoms with van der Waals surface area (Å²) in [6.07, 6.45) is 14.8. The second-order valence-electron chi connectivity index (χ2n) is 10.6. The summed E-state index contributed by atoms with van der Waals surface area (Å²) in [5.74, 6) is 3.52. The van der Waals surface area contributed by atoms with Gasteiger partial charge in [-0.3, -0.25) is 4.79 Å². The molecule has 4 saturated carbocycles. The summed E-state index contributed by atoms with van der Waals surface area (Å²) in [5, 5.41) is 9.00. The van der Waals surface area contributed by atoms with E-state index in [2.05, 4.69) is 20.4 Å². The van der Waals surface area contributed by atoms with E-state index < -0.39 is 5.97 Å². The van der Waals surface area contributed by atoms with Crippen LogP contribution in [0.4, 0.5) is 0 Å². The monoisotopic (exact) mass is 358 g/mol. The van der Waals surface area contributed by atoms with Crippen molar-refractivity contribution in [3.8, 4) is 0 Å². The van der Waals surface area contributed by atoms with Crippen LogP contribution < -0.4 is 0 Å². The zero-order valence-corrected chi connectivity index (χ0v) is 16.9. The first kappa shape index (κ1) is 18.6. The highest BCUT2D eigenvalue weighted by Gasteiger charge is 2.60. The highest BCUT2D eigenvalue weighted by atomic mass is 16.4. The fraction of sp³-hybridized carbons (Fsp3) is 0.875.